The van der Waals surface area contributed by atoms with Gasteiger partial charge in [0.25, 0.3) is 5.56 Å². The van der Waals surface area contributed by atoms with Crippen molar-refractivity contribution in [2.75, 3.05) is 26.9 Å². The van der Waals surface area contributed by atoms with Crippen molar-refractivity contribution in [3.63, 3.8) is 0 Å². The highest BCUT2D eigenvalue weighted by molar-refractivity contribution is 5.83. The molecule has 0 bridgehead atoms. The first-order valence-corrected chi connectivity index (χ1v) is 10.3. The predicted molar refractivity (Wildman–Crippen MR) is 115 cm³/mol. The smallest absolute Gasteiger partial charge is 0.253 e. The lowest BCUT2D eigenvalue weighted by Gasteiger charge is -2.25. The van der Waals surface area contributed by atoms with E-state index in [9.17, 15) is 4.79 Å². The number of fused-ring (bicyclic) bond motifs is 1. The van der Waals surface area contributed by atoms with Crippen molar-refractivity contribution >= 4 is 11.0 Å². The van der Waals surface area contributed by atoms with Crippen LogP contribution in [0.4, 0.5) is 0 Å². The molecule has 0 aliphatic carbocycles. The molecule has 0 N–H and O–H groups in total. The van der Waals surface area contributed by atoms with Crippen LogP contribution in [-0.4, -0.2) is 41.0 Å². The van der Waals surface area contributed by atoms with Gasteiger partial charge in [-0.25, -0.2) is 4.98 Å². The molecule has 6 heteroatoms. The second kappa shape index (κ2) is 8.13. The number of aromatic nitrogens is 3. The molecule has 1 aliphatic heterocycles. The Kier molecular flexibility index (Phi) is 5.56. The third-order valence-corrected chi connectivity index (χ3v) is 5.85. The number of pyridine rings is 1. The maximum Gasteiger partial charge on any atom is 0.253 e. The Morgan fingerprint density at radius 2 is 2.00 bits per heavy atom. The summed E-state index contributed by atoms with van der Waals surface area (Å²) in [5, 5.41) is 0. The number of hydrogen-bond donors (Lipinski definition) is 0. The van der Waals surface area contributed by atoms with Gasteiger partial charge in [0, 0.05) is 45.0 Å². The quantitative estimate of drug-likeness (QED) is 0.659. The first kappa shape index (κ1) is 19.9. The summed E-state index contributed by atoms with van der Waals surface area (Å²) in [7, 11) is 3.54. The van der Waals surface area contributed by atoms with E-state index < -0.39 is 0 Å². The molecule has 4 rings (SSSR count). The predicted octanol–water partition coefficient (Wildman–Crippen LogP) is 3.81. The monoisotopic (exact) mass is 395 g/mol. The van der Waals surface area contributed by atoms with Gasteiger partial charge in [-0.1, -0.05) is 6.07 Å². The van der Waals surface area contributed by atoms with E-state index in [2.05, 4.69) is 29.7 Å². The van der Waals surface area contributed by atoms with Crippen molar-refractivity contribution in [2.45, 2.75) is 38.6 Å². The number of benzene rings is 1. The lowest BCUT2D eigenvalue weighted by molar-refractivity contribution is 0.0817. The molecule has 1 saturated heterocycles. The SMILES string of the molecule is COC[C@H](C)n1c(C2CCOCC2)nc2ccc(-c3cc(C)c(=O)n(C)c3)cc21. The molecular weight excluding hydrogens is 366 g/mol. The average Bonchev–Trinajstić information content (AvgIpc) is 3.11. The summed E-state index contributed by atoms with van der Waals surface area (Å²) in [5.74, 6) is 1.53. The van der Waals surface area contributed by atoms with Crippen LogP contribution >= 0.6 is 0 Å². The second-order valence-corrected chi connectivity index (χ2v) is 8.06. The molecule has 1 aromatic carbocycles. The fourth-order valence-electron chi connectivity index (χ4n) is 4.35. The summed E-state index contributed by atoms with van der Waals surface area (Å²) in [6.45, 7) is 6.24. The topological polar surface area (TPSA) is 58.3 Å². The van der Waals surface area contributed by atoms with Gasteiger partial charge in [0.15, 0.2) is 0 Å². The van der Waals surface area contributed by atoms with Gasteiger partial charge < -0.3 is 18.6 Å². The lowest BCUT2D eigenvalue weighted by Crippen LogP contribution is -2.21. The van der Waals surface area contributed by atoms with Crippen LogP contribution in [-0.2, 0) is 16.5 Å². The number of imidazole rings is 1. The first-order chi connectivity index (χ1) is 14.0. The van der Waals surface area contributed by atoms with E-state index in [1.54, 1.807) is 18.7 Å². The zero-order valence-corrected chi connectivity index (χ0v) is 17.6. The highest BCUT2D eigenvalue weighted by Gasteiger charge is 2.25. The Balaban J connectivity index is 1.86. The van der Waals surface area contributed by atoms with Gasteiger partial charge in [0.1, 0.15) is 5.82 Å². The zero-order valence-electron chi connectivity index (χ0n) is 17.6. The minimum absolute atomic E-state index is 0.0374. The second-order valence-electron chi connectivity index (χ2n) is 8.06. The molecule has 154 valence electrons. The van der Waals surface area contributed by atoms with Crippen molar-refractivity contribution in [3.05, 3.63) is 52.2 Å². The molecule has 2 aromatic heterocycles. The van der Waals surface area contributed by atoms with E-state index in [-0.39, 0.29) is 11.6 Å². The Morgan fingerprint density at radius 1 is 1.24 bits per heavy atom. The molecule has 0 radical (unpaired) electrons. The van der Waals surface area contributed by atoms with Crippen molar-refractivity contribution in [3.8, 4) is 11.1 Å². The van der Waals surface area contributed by atoms with Crippen LogP contribution < -0.4 is 5.56 Å². The molecule has 1 atom stereocenters. The number of hydrogen-bond acceptors (Lipinski definition) is 4. The van der Waals surface area contributed by atoms with Gasteiger partial charge in [-0.15, -0.1) is 0 Å². The standard InChI is InChI=1S/C23H29N3O3/c1-15-11-19(13-25(3)23(15)27)18-5-6-20-21(12-18)26(16(2)14-28-4)22(24-20)17-7-9-29-10-8-17/h5-6,11-13,16-17H,7-10,14H2,1-4H3/t16-/m0/s1. The number of nitrogens with zero attached hydrogens (tertiary/aromatic N) is 3. The molecule has 0 saturated carbocycles. The number of aryl methyl sites for hydroxylation is 2. The number of methoxy groups -OCH3 is 1. The molecule has 1 fully saturated rings. The maximum atomic E-state index is 12.1. The third kappa shape index (κ3) is 3.74. The number of ether oxygens (including phenoxy) is 2. The van der Waals surface area contributed by atoms with Crippen molar-refractivity contribution < 1.29 is 9.47 Å². The van der Waals surface area contributed by atoms with Gasteiger partial charge in [-0.3, -0.25) is 4.79 Å². The summed E-state index contributed by atoms with van der Waals surface area (Å²) >= 11 is 0. The van der Waals surface area contributed by atoms with Gasteiger partial charge in [-0.05, 0) is 56.0 Å². The van der Waals surface area contributed by atoms with Crippen LogP contribution in [0, 0.1) is 6.92 Å². The van der Waals surface area contributed by atoms with Crippen LogP contribution in [0.25, 0.3) is 22.2 Å². The molecular formula is C23H29N3O3. The Bertz CT molecular complexity index is 1050. The minimum atomic E-state index is 0.0374. The fourth-order valence-corrected chi connectivity index (χ4v) is 4.35. The first-order valence-electron chi connectivity index (χ1n) is 10.3. The molecule has 6 nitrogen and oxygen atoms in total. The summed E-state index contributed by atoms with van der Waals surface area (Å²) in [6.07, 6.45) is 3.89. The van der Waals surface area contributed by atoms with Crippen molar-refractivity contribution in [2.24, 2.45) is 7.05 Å². The summed E-state index contributed by atoms with van der Waals surface area (Å²) in [6, 6.07) is 8.51. The summed E-state index contributed by atoms with van der Waals surface area (Å²) in [5.41, 5.74) is 5.01. The normalized spacial score (nSPS) is 16.4. The average molecular weight is 396 g/mol. The third-order valence-electron chi connectivity index (χ3n) is 5.85. The molecule has 0 unspecified atom stereocenters. The number of rotatable bonds is 5. The summed E-state index contributed by atoms with van der Waals surface area (Å²) < 4.78 is 15.0. The van der Waals surface area contributed by atoms with Crippen LogP contribution in [0.2, 0.25) is 0 Å². The van der Waals surface area contributed by atoms with Crippen LogP contribution in [0.5, 0.6) is 0 Å². The highest BCUT2D eigenvalue weighted by Crippen LogP contribution is 2.33. The van der Waals surface area contributed by atoms with Crippen LogP contribution in [0.15, 0.2) is 35.3 Å². The van der Waals surface area contributed by atoms with Crippen LogP contribution in [0.1, 0.15) is 43.1 Å². The van der Waals surface area contributed by atoms with Crippen molar-refractivity contribution in [1.29, 1.82) is 0 Å². The van der Waals surface area contributed by atoms with Gasteiger partial charge >= 0.3 is 0 Å². The molecule has 29 heavy (non-hydrogen) atoms. The molecule has 0 amide bonds. The van der Waals surface area contributed by atoms with E-state index in [0.29, 0.717) is 12.5 Å². The van der Waals surface area contributed by atoms with Crippen molar-refractivity contribution in [1.82, 2.24) is 14.1 Å². The molecule has 1 aliphatic rings. The van der Waals surface area contributed by atoms with Gasteiger partial charge in [0.2, 0.25) is 0 Å². The van der Waals surface area contributed by atoms with Gasteiger partial charge in [0.05, 0.1) is 23.7 Å². The minimum Gasteiger partial charge on any atom is -0.383 e. The molecule has 0 spiro atoms. The Hall–Kier alpha value is -2.44. The fraction of sp³-hybridized carbons (Fsp3) is 0.478. The Labute approximate surface area is 171 Å². The molecule has 3 heterocycles. The highest BCUT2D eigenvalue weighted by atomic mass is 16.5. The van der Waals surface area contributed by atoms with E-state index in [0.717, 1.165) is 59.6 Å². The largest absolute Gasteiger partial charge is 0.383 e. The maximum absolute atomic E-state index is 12.1. The van der Waals surface area contributed by atoms with E-state index in [1.807, 2.05) is 19.2 Å². The zero-order chi connectivity index (χ0) is 20.5. The van der Waals surface area contributed by atoms with E-state index in [4.69, 9.17) is 14.5 Å². The van der Waals surface area contributed by atoms with Crippen LogP contribution in [0.3, 0.4) is 0 Å². The van der Waals surface area contributed by atoms with E-state index in [1.165, 1.54) is 0 Å². The Morgan fingerprint density at radius 3 is 2.69 bits per heavy atom. The lowest BCUT2D eigenvalue weighted by atomic mass is 9.99. The summed E-state index contributed by atoms with van der Waals surface area (Å²) in [4.78, 5) is 17.1. The van der Waals surface area contributed by atoms with Gasteiger partial charge in [-0.2, -0.15) is 0 Å². The molecule has 3 aromatic rings. The van der Waals surface area contributed by atoms with E-state index >= 15 is 0 Å².